The molecule has 0 radical (unpaired) electrons. The van der Waals surface area contributed by atoms with Gasteiger partial charge in [-0.15, -0.1) is 5.10 Å². The van der Waals surface area contributed by atoms with Gasteiger partial charge in [-0.05, 0) is 30.7 Å². The summed E-state index contributed by atoms with van der Waals surface area (Å²) in [4.78, 5) is 20.3. The van der Waals surface area contributed by atoms with Crippen molar-refractivity contribution in [3.8, 4) is 5.88 Å². The Morgan fingerprint density at radius 2 is 2.09 bits per heavy atom. The molecule has 0 fully saturated rings. The summed E-state index contributed by atoms with van der Waals surface area (Å²) < 4.78 is 6.86. The largest absolute Gasteiger partial charge is 0.477 e. The second-order valence-electron chi connectivity index (χ2n) is 4.57. The van der Waals surface area contributed by atoms with E-state index in [0.29, 0.717) is 30.4 Å². The van der Waals surface area contributed by atoms with Gasteiger partial charge >= 0.3 is 0 Å². The summed E-state index contributed by atoms with van der Waals surface area (Å²) in [5.41, 5.74) is 1.89. The Labute approximate surface area is 127 Å². The predicted molar refractivity (Wildman–Crippen MR) is 79.6 cm³/mol. The predicted octanol–water partition coefficient (Wildman–Crippen LogP) is 1.45. The van der Waals surface area contributed by atoms with Crippen LogP contribution in [-0.2, 0) is 6.54 Å². The summed E-state index contributed by atoms with van der Waals surface area (Å²) in [6.45, 7) is 2.84. The number of pyridine rings is 1. The van der Waals surface area contributed by atoms with E-state index in [1.54, 1.807) is 30.7 Å². The van der Waals surface area contributed by atoms with Gasteiger partial charge in [0.25, 0.3) is 5.91 Å². The Kier molecular flexibility index (Phi) is 3.95. The third-order valence-electron chi connectivity index (χ3n) is 3.02. The van der Waals surface area contributed by atoms with Crippen molar-refractivity contribution >= 4 is 11.6 Å². The second-order valence-corrected chi connectivity index (χ2v) is 4.57. The highest BCUT2D eigenvalue weighted by atomic mass is 16.5. The van der Waals surface area contributed by atoms with Gasteiger partial charge in [-0.25, -0.2) is 9.50 Å². The average Bonchev–Trinajstić information content (AvgIpc) is 2.97. The first-order valence-electron chi connectivity index (χ1n) is 6.92. The van der Waals surface area contributed by atoms with Gasteiger partial charge in [0.1, 0.15) is 5.69 Å². The maximum Gasteiger partial charge on any atom is 0.271 e. The lowest BCUT2D eigenvalue weighted by Gasteiger charge is -2.02. The van der Waals surface area contributed by atoms with Crippen LogP contribution in [0.15, 0.2) is 42.9 Å². The minimum absolute atomic E-state index is 0.250. The molecule has 7 heteroatoms. The highest BCUT2D eigenvalue weighted by molar-refractivity contribution is 5.92. The molecule has 0 aliphatic rings. The van der Waals surface area contributed by atoms with Gasteiger partial charge in [0, 0.05) is 25.0 Å². The summed E-state index contributed by atoms with van der Waals surface area (Å²) in [7, 11) is 0. The molecule has 112 valence electrons. The maximum absolute atomic E-state index is 12.1. The average molecular weight is 297 g/mol. The summed E-state index contributed by atoms with van der Waals surface area (Å²) in [6.07, 6.45) is 4.96. The standard InChI is InChI=1S/C15H15N5O2/c1-2-22-14-4-3-13-18-12(10-20(13)19-14)15(21)17-9-11-5-7-16-8-6-11/h3-8,10H,2,9H2,1H3,(H,17,21). The van der Waals surface area contributed by atoms with Gasteiger partial charge < -0.3 is 10.1 Å². The number of carbonyl (C=O) groups excluding carboxylic acids is 1. The molecule has 1 amide bonds. The first kappa shape index (κ1) is 14.0. The first-order chi connectivity index (χ1) is 10.8. The fourth-order valence-corrected chi connectivity index (χ4v) is 1.97. The monoisotopic (exact) mass is 297 g/mol. The lowest BCUT2D eigenvalue weighted by atomic mass is 10.2. The molecule has 3 aromatic heterocycles. The van der Waals surface area contributed by atoms with Crippen LogP contribution in [0.4, 0.5) is 0 Å². The van der Waals surface area contributed by atoms with Crippen LogP contribution in [0.25, 0.3) is 5.65 Å². The molecule has 0 aliphatic carbocycles. The number of carbonyl (C=O) groups is 1. The van der Waals surface area contributed by atoms with E-state index in [0.717, 1.165) is 5.56 Å². The van der Waals surface area contributed by atoms with Crippen LogP contribution in [0, 0.1) is 0 Å². The Hall–Kier alpha value is -2.96. The topological polar surface area (TPSA) is 81.4 Å². The molecule has 7 nitrogen and oxygen atoms in total. The molecule has 0 bridgehead atoms. The smallest absolute Gasteiger partial charge is 0.271 e. The molecular weight excluding hydrogens is 282 g/mol. The number of nitrogens with zero attached hydrogens (tertiary/aromatic N) is 4. The number of fused-ring (bicyclic) bond motifs is 1. The van der Waals surface area contributed by atoms with Crippen molar-refractivity contribution < 1.29 is 9.53 Å². The van der Waals surface area contributed by atoms with Crippen LogP contribution >= 0.6 is 0 Å². The number of ether oxygens (including phenoxy) is 1. The number of amides is 1. The summed E-state index contributed by atoms with van der Waals surface area (Å²) in [5.74, 6) is 0.247. The third-order valence-corrected chi connectivity index (χ3v) is 3.02. The zero-order valence-corrected chi connectivity index (χ0v) is 12.1. The molecule has 0 unspecified atom stereocenters. The molecule has 0 spiro atoms. The van der Waals surface area contributed by atoms with E-state index in [-0.39, 0.29) is 5.91 Å². The summed E-state index contributed by atoms with van der Waals surface area (Å²) >= 11 is 0. The first-order valence-corrected chi connectivity index (χ1v) is 6.92. The molecule has 3 aromatic rings. The Bertz CT molecular complexity index is 785. The molecule has 1 N–H and O–H groups in total. The minimum atomic E-state index is -0.250. The molecule has 0 atom stereocenters. The molecular formula is C15H15N5O2. The van der Waals surface area contributed by atoms with Gasteiger partial charge in [-0.2, -0.15) is 0 Å². The molecule has 0 aliphatic heterocycles. The highest BCUT2D eigenvalue weighted by Gasteiger charge is 2.11. The van der Waals surface area contributed by atoms with Crippen LogP contribution in [0.2, 0.25) is 0 Å². The van der Waals surface area contributed by atoms with Crippen molar-refractivity contribution in [3.05, 3.63) is 54.1 Å². The van der Waals surface area contributed by atoms with E-state index in [2.05, 4.69) is 20.4 Å². The van der Waals surface area contributed by atoms with Crippen molar-refractivity contribution in [2.45, 2.75) is 13.5 Å². The third kappa shape index (κ3) is 3.03. The van der Waals surface area contributed by atoms with E-state index >= 15 is 0 Å². The molecule has 0 saturated carbocycles. The molecule has 22 heavy (non-hydrogen) atoms. The van der Waals surface area contributed by atoms with Gasteiger partial charge in [0.15, 0.2) is 5.65 Å². The van der Waals surface area contributed by atoms with E-state index < -0.39 is 0 Å². The normalized spacial score (nSPS) is 10.6. The number of imidazole rings is 1. The Balaban J connectivity index is 1.73. The number of hydrogen-bond acceptors (Lipinski definition) is 5. The number of nitrogens with one attached hydrogen (secondary N) is 1. The van der Waals surface area contributed by atoms with Gasteiger partial charge in [-0.1, -0.05) is 0 Å². The van der Waals surface area contributed by atoms with Gasteiger partial charge in [0.05, 0.1) is 12.8 Å². The summed E-state index contributed by atoms with van der Waals surface area (Å²) in [6, 6.07) is 7.18. The summed E-state index contributed by atoms with van der Waals surface area (Å²) in [5, 5.41) is 7.04. The Morgan fingerprint density at radius 1 is 1.27 bits per heavy atom. The lowest BCUT2D eigenvalue weighted by molar-refractivity contribution is 0.0946. The van der Waals surface area contributed by atoms with E-state index in [4.69, 9.17) is 4.74 Å². The lowest BCUT2D eigenvalue weighted by Crippen LogP contribution is -2.23. The van der Waals surface area contributed by atoms with E-state index in [1.165, 1.54) is 4.52 Å². The number of hydrogen-bond donors (Lipinski definition) is 1. The molecule has 3 rings (SSSR count). The Morgan fingerprint density at radius 3 is 2.86 bits per heavy atom. The fraction of sp³-hybridized carbons (Fsp3) is 0.200. The zero-order chi connectivity index (χ0) is 15.4. The highest BCUT2D eigenvalue weighted by Crippen LogP contribution is 2.10. The van der Waals surface area contributed by atoms with Crippen molar-refractivity contribution in [3.63, 3.8) is 0 Å². The maximum atomic E-state index is 12.1. The van der Waals surface area contributed by atoms with Crippen LogP contribution in [0.5, 0.6) is 5.88 Å². The van der Waals surface area contributed by atoms with E-state index in [9.17, 15) is 4.79 Å². The molecule has 3 heterocycles. The quantitative estimate of drug-likeness (QED) is 0.771. The van der Waals surface area contributed by atoms with Gasteiger partial charge in [-0.3, -0.25) is 9.78 Å². The molecule has 0 saturated heterocycles. The number of rotatable bonds is 5. The van der Waals surface area contributed by atoms with Gasteiger partial charge in [0.2, 0.25) is 5.88 Å². The van der Waals surface area contributed by atoms with E-state index in [1.807, 2.05) is 19.1 Å². The number of aromatic nitrogens is 4. The van der Waals surface area contributed by atoms with Crippen molar-refractivity contribution in [2.24, 2.45) is 0 Å². The van der Waals surface area contributed by atoms with Crippen LogP contribution in [0.3, 0.4) is 0 Å². The minimum Gasteiger partial charge on any atom is -0.477 e. The van der Waals surface area contributed by atoms with Crippen LogP contribution in [0.1, 0.15) is 23.0 Å². The fourth-order valence-electron chi connectivity index (χ4n) is 1.97. The van der Waals surface area contributed by atoms with Crippen molar-refractivity contribution in [1.82, 2.24) is 24.9 Å². The van der Waals surface area contributed by atoms with Crippen molar-refractivity contribution in [1.29, 1.82) is 0 Å². The zero-order valence-electron chi connectivity index (χ0n) is 12.1. The van der Waals surface area contributed by atoms with Crippen molar-refractivity contribution in [2.75, 3.05) is 6.61 Å². The second kappa shape index (κ2) is 6.21. The SMILES string of the molecule is CCOc1ccc2nc(C(=O)NCc3ccncc3)cn2n1. The van der Waals surface area contributed by atoms with Crippen LogP contribution in [-0.4, -0.2) is 32.1 Å². The van der Waals surface area contributed by atoms with Crippen LogP contribution < -0.4 is 10.1 Å². The molecule has 0 aromatic carbocycles.